The van der Waals surface area contributed by atoms with Gasteiger partial charge >= 0.3 is 6.03 Å². The highest BCUT2D eigenvalue weighted by molar-refractivity contribution is 6.32. The van der Waals surface area contributed by atoms with Gasteiger partial charge in [-0.25, -0.2) is 4.79 Å². The summed E-state index contributed by atoms with van der Waals surface area (Å²) in [4.78, 5) is 39.1. The van der Waals surface area contributed by atoms with E-state index in [9.17, 15) is 14.4 Å². The van der Waals surface area contributed by atoms with Crippen molar-refractivity contribution < 1.29 is 28.6 Å². The van der Waals surface area contributed by atoms with Gasteiger partial charge in [0.2, 0.25) is 6.79 Å². The first-order valence-electron chi connectivity index (χ1n) is 8.74. The maximum atomic E-state index is 13.0. The molecule has 8 nitrogen and oxygen atoms in total. The lowest BCUT2D eigenvalue weighted by atomic mass is 9.91. The Hall–Kier alpha value is -3.26. The predicted molar refractivity (Wildman–Crippen MR) is 102 cm³/mol. The number of nitrogens with one attached hydrogen (secondary N) is 1. The first-order valence-corrected chi connectivity index (χ1v) is 9.12. The number of fused-ring (bicyclic) bond motifs is 1. The Kier molecular flexibility index (Phi) is 4.58. The smallest absolute Gasteiger partial charge is 0.325 e. The zero-order chi connectivity index (χ0) is 20.8. The van der Waals surface area contributed by atoms with Crippen molar-refractivity contribution in [3.8, 4) is 17.2 Å². The molecule has 9 heteroatoms. The van der Waals surface area contributed by atoms with Crippen molar-refractivity contribution >= 4 is 29.3 Å². The molecule has 1 fully saturated rings. The molecule has 2 aromatic carbocycles. The molecule has 0 saturated carbocycles. The van der Waals surface area contributed by atoms with Gasteiger partial charge in [0.25, 0.3) is 5.91 Å². The molecule has 2 heterocycles. The number of nitrogens with zero attached hydrogens (tertiary/aromatic N) is 1. The fourth-order valence-electron chi connectivity index (χ4n) is 3.32. The average molecular weight is 417 g/mol. The van der Waals surface area contributed by atoms with Gasteiger partial charge in [0.05, 0.1) is 18.7 Å². The second-order valence-corrected chi connectivity index (χ2v) is 7.19. The Morgan fingerprint density at radius 1 is 1.21 bits per heavy atom. The van der Waals surface area contributed by atoms with Crippen LogP contribution in [0.4, 0.5) is 4.79 Å². The van der Waals surface area contributed by atoms with E-state index in [2.05, 4.69) is 5.32 Å². The van der Waals surface area contributed by atoms with Gasteiger partial charge in [-0.15, -0.1) is 0 Å². The minimum atomic E-state index is -1.32. The number of Topliss-reactive ketones (excluding diaryl/α,β-unsaturated/α-hetero) is 1. The minimum Gasteiger partial charge on any atom is -0.495 e. The molecule has 0 radical (unpaired) electrons. The number of urea groups is 1. The summed E-state index contributed by atoms with van der Waals surface area (Å²) in [6, 6.07) is 8.88. The lowest BCUT2D eigenvalue weighted by Crippen LogP contribution is -2.41. The van der Waals surface area contributed by atoms with Crippen LogP contribution in [-0.4, -0.2) is 43.1 Å². The number of imide groups is 1. The molecule has 0 spiro atoms. The first-order chi connectivity index (χ1) is 13.8. The summed E-state index contributed by atoms with van der Waals surface area (Å²) in [5.41, 5.74) is -0.522. The Morgan fingerprint density at radius 3 is 2.69 bits per heavy atom. The van der Waals surface area contributed by atoms with Crippen LogP contribution in [0.25, 0.3) is 0 Å². The summed E-state index contributed by atoms with van der Waals surface area (Å²) < 4.78 is 15.7. The Morgan fingerprint density at radius 2 is 1.97 bits per heavy atom. The summed E-state index contributed by atoms with van der Waals surface area (Å²) >= 11 is 6.06. The van der Waals surface area contributed by atoms with E-state index in [-0.39, 0.29) is 17.4 Å². The molecule has 1 saturated heterocycles. The van der Waals surface area contributed by atoms with Crippen molar-refractivity contribution in [1.82, 2.24) is 10.2 Å². The highest BCUT2D eigenvalue weighted by Crippen LogP contribution is 2.38. The van der Waals surface area contributed by atoms with Crippen molar-refractivity contribution in [2.24, 2.45) is 0 Å². The van der Waals surface area contributed by atoms with Gasteiger partial charge < -0.3 is 19.5 Å². The number of methoxy groups -OCH3 is 1. The fraction of sp³-hybridized carbons (Fsp3) is 0.250. The molecule has 0 aromatic heterocycles. The van der Waals surface area contributed by atoms with Gasteiger partial charge in [0.1, 0.15) is 11.3 Å². The first kappa shape index (κ1) is 19.1. The molecule has 2 aliphatic rings. The number of rotatable bonds is 5. The van der Waals surface area contributed by atoms with E-state index in [1.165, 1.54) is 19.2 Å². The molecular weight excluding hydrogens is 400 g/mol. The zero-order valence-electron chi connectivity index (χ0n) is 15.7. The van der Waals surface area contributed by atoms with E-state index in [1.54, 1.807) is 31.2 Å². The third kappa shape index (κ3) is 3.15. The van der Waals surface area contributed by atoms with Crippen LogP contribution in [0.15, 0.2) is 36.4 Å². The van der Waals surface area contributed by atoms with Crippen LogP contribution in [0.5, 0.6) is 17.2 Å². The summed E-state index contributed by atoms with van der Waals surface area (Å²) in [5, 5.41) is 2.93. The standard InChI is InChI=1S/C20H17ClN2O6/c1-20(12-4-6-16-17(8-12)29-10-28-16)18(25)23(19(26)22-20)9-14(24)11-3-5-15(27-2)13(21)7-11/h3-8H,9-10H2,1-2H3,(H,22,26)/t20-/m0/s1. The van der Waals surface area contributed by atoms with Gasteiger partial charge in [-0.2, -0.15) is 0 Å². The molecule has 29 heavy (non-hydrogen) atoms. The molecule has 1 N–H and O–H groups in total. The SMILES string of the molecule is COc1ccc(C(=O)CN2C(=O)N[C@@](C)(c3ccc4c(c3)OCO4)C2=O)cc1Cl. The molecule has 150 valence electrons. The second-order valence-electron chi connectivity index (χ2n) is 6.79. The number of carbonyl (C=O) groups is 3. The van der Waals surface area contributed by atoms with Crippen LogP contribution in [0.1, 0.15) is 22.8 Å². The molecule has 0 aliphatic carbocycles. The Labute approximate surface area is 171 Å². The maximum Gasteiger partial charge on any atom is 0.325 e. The van der Waals surface area contributed by atoms with E-state index in [0.29, 0.717) is 22.8 Å². The summed E-state index contributed by atoms with van der Waals surface area (Å²) in [6.07, 6.45) is 0. The average Bonchev–Trinajstić information content (AvgIpc) is 3.26. The van der Waals surface area contributed by atoms with Gasteiger partial charge in [-0.3, -0.25) is 14.5 Å². The normalized spacial score (nSPS) is 20.0. The number of ether oxygens (including phenoxy) is 3. The third-order valence-corrected chi connectivity index (χ3v) is 5.30. The van der Waals surface area contributed by atoms with Gasteiger partial charge in [-0.05, 0) is 42.8 Å². The lowest BCUT2D eigenvalue weighted by molar-refractivity contribution is -0.130. The number of hydrogen-bond donors (Lipinski definition) is 1. The molecule has 0 unspecified atom stereocenters. The molecule has 4 rings (SSSR count). The number of carbonyl (C=O) groups excluding carboxylic acids is 3. The lowest BCUT2D eigenvalue weighted by Gasteiger charge is -2.22. The van der Waals surface area contributed by atoms with E-state index in [0.717, 1.165) is 4.90 Å². The third-order valence-electron chi connectivity index (χ3n) is 5.00. The monoisotopic (exact) mass is 416 g/mol. The topological polar surface area (TPSA) is 94.2 Å². The van der Waals surface area contributed by atoms with Crippen LogP contribution < -0.4 is 19.5 Å². The van der Waals surface area contributed by atoms with Crippen molar-refractivity contribution in [2.45, 2.75) is 12.5 Å². The van der Waals surface area contributed by atoms with Crippen LogP contribution in [0, 0.1) is 0 Å². The van der Waals surface area contributed by atoms with E-state index >= 15 is 0 Å². The molecule has 2 aliphatic heterocycles. The van der Waals surface area contributed by atoms with Crippen LogP contribution >= 0.6 is 11.6 Å². The number of ketones is 1. The Balaban J connectivity index is 1.56. The fourth-order valence-corrected chi connectivity index (χ4v) is 3.58. The van der Waals surface area contributed by atoms with Crippen molar-refractivity contribution in [3.05, 3.63) is 52.5 Å². The quantitative estimate of drug-likeness (QED) is 0.595. The van der Waals surface area contributed by atoms with E-state index < -0.39 is 29.8 Å². The van der Waals surface area contributed by atoms with Gasteiger partial charge in [-0.1, -0.05) is 17.7 Å². The number of amides is 3. The van der Waals surface area contributed by atoms with Crippen molar-refractivity contribution in [1.29, 1.82) is 0 Å². The zero-order valence-corrected chi connectivity index (χ0v) is 16.4. The summed E-state index contributed by atoms with van der Waals surface area (Å²) in [5.74, 6) is 0.529. The Bertz CT molecular complexity index is 1040. The molecular formula is C20H17ClN2O6. The van der Waals surface area contributed by atoms with Crippen LogP contribution in [-0.2, 0) is 10.3 Å². The second kappa shape index (κ2) is 6.97. The molecule has 0 bridgehead atoms. The van der Waals surface area contributed by atoms with Gasteiger partial charge in [0.15, 0.2) is 17.3 Å². The minimum absolute atomic E-state index is 0.0981. The summed E-state index contributed by atoms with van der Waals surface area (Å²) in [6.45, 7) is 1.27. The van der Waals surface area contributed by atoms with Crippen LogP contribution in [0.3, 0.4) is 0 Å². The van der Waals surface area contributed by atoms with Crippen LogP contribution in [0.2, 0.25) is 5.02 Å². The number of benzene rings is 2. The highest BCUT2D eigenvalue weighted by atomic mass is 35.5. The van der Waals surface area contributed by atoms with Crippen molar-refractivity contribution in [3.63, 3.8) is 0 Å². The molecule has 3 amide bonds. The summed E-state index contributed by atoms with van der Waals surface area (Å²) in [7, 11) is 1.47. The largest absolute Gasteiger partial charge is 0.495 e. The maximum absolute atomic E-state index is 13.0. The molecule has 1 atom stereocenters. The van der Waals surface area contributed by atoms with Gasteiger partial charge in [0, 0.05) is 5.56 Å². The number of hydrogen-bond acceptors (Lipinski definition) is 6. The predicted octanol–water partition coefficient (Wildman–Crippen LogP) is 2.73. The molecule has 2 aromatic rings. The van der Waals surface area contributed by atoms with Crippen molar-refractivity contribution in [2.75, 3.05) is 20.4 Å². The van der Waals surface area contributed by atoms with E-state index in [4.69, 9.17) is 25.8 Å². The number of halogens is 1. The van der Waals surface area contributed by atoms with E-state index in [1.807, 2.05) is 0 Å². The highest BCUT2D eigenvalue weighted by Gasteiger charge is 2.49.